The molecule has 0 spiro atoms. The molecule has 1 aromatic carbocycles. The predicted molar refractivity (Wildman–Crippen MR) is 129 cm³/mol. The summed E-state index contributed by atoms with van der Waals surface area (Å²) >= 11 is 0. The number of carboxylic acid groups (broad SMARTS) is 1. The number of piperidine rings is 1. The normalized spacial score (nSPS) is 25.1. The van der Waals surface area contributed by atoms with Gasteiger partial charge in [0.2, 0.25) is 5.91 Å². The maximum absolute atomic E-state index is 12.0. The van der Waals surface area contributed by atoms with E-state index < -0.39 is 6.09 Å². The molecular weight excluding hydrogens is 430 g/mol. The molecule has 1 unspecified atom stereocenters. The Bertz CT molecular complexity index is 1040. The van der Waals surface area contributed by atoms with Crippen LogP contribution < -0.4 is 5.32 Å². The predicted octanol–water partition coefficient (Wildman–Crippen LogP) is 3.66. The van der Waals surface area contributed by atoms with Gasteiger partial charge in [-0.1, -0.05) is 30.3 Å². The van der Waals surface area contributed by atoms with Crippen LogP contribution in [0.15, 0.2) is 30.3 Å². The number of hydrogen-bond acceptors (Lipinski definition) is 4. The fourth-order valence-electron chi connectivity index (χ4n) is 6.53. The van der Waals surface area contributed by atoms with Gasteiger partial charge in [-0.25, -0.2) is 9.78 Å². The number of imidazole rings is 1. The Morgan fingerprint density at radius 3 is 2.50 bits per heavy atom. The molecular formula is C26H35N5O3. The minimum atomic E-state index is -0.976. The topological polar surface area (TPSA) is 90.7 Å². The van der Waals surface area contributed by atoms with E-state index in [0.717, 1.165) is 55.9 Å². The first-order valence-corrected chi connectivity index (χ1v) is 12.5. The second-order valence-electron chi connectivity index (χ2n) is 10.1. The number of carbonyl (C=O) groups is 2. The van der Waals surface area contributed by atoms with E-state index in [-0.39, 0.29) is 11.9 Å². The SMILES string of the molecule is CC(=O)N1CCc2nc(C)n(C3C[C@H]4CC[C@@H](C3)N4CC[C@H](NC(=O)O)c3ccccc3)c2C1. The highest BCUT2D eigenvalue weighted by molar-refractivity contribution is 5.73. The van der Waals surface area contributed by atoms with Crippen molar-refractivity contribution in [2.75, 3.05) is 13.1 Å². The van der Waals surface area contributed by atoms with Crippen molar-refractivity contribution >= 4 is 12.0 Å². The highest BCUT2D eigenvalue weighted by atomic mass is 16.4. The zero-order valence-electron chi connectivity index (χ0n) is 20.1. The molecule has 0 saturated carbocycles. The lowest BCUT2D eigenvalue weighted by molar-refractivity contribution is -0.129. The Hall–Kier alpha value is -2.87. The Balaban J connectivity index is 1.28. The number of nitrogens with one attached hydrogen (secondary N) is 1. The minimum Gasteiger partial charge on any atom is -0.465 e. The quantitative estimate of drug-likeness (QED) is 0.679. The van der Waals surface area contributed by atoms with Crippen LogP contribution in [0.5, 0.6) is 0 Å². The van der Waals surface area contributed by atoms with E-state index >= 15 is 0 Å². The average Bonchev–Trinajstić information content (AvgIpc) is 3.27. The van der Waals surface area contributed by atoms with Gasteiger partial charge in [0.25, 0.3) is 0 Å². The van der Waals surface area contributed by atoms with Gasteiger partial charge in [0.1, 0.15) is 5.82 Å². The van der Waals surface area contributed by atoms with Gasteiger partial charge in [0.15, 0.2) is 0 Å². The molecule has 0 aliphatic carbocycles. The van der Waals surface area contributed by atoms with Crippen LogP contribution in [0.1, 0.15) is 73.9 Å². The van der Waals surface area contributed by atoms with Gasteiger partial charge in [-0.3, -0.25) is 9.69 Å². The molecule has 3 aliphatic rings. The first-order valence-electron chi connectivity index (χ1n) is 12.5. The number of amides is 2. The van der Waals surface area contributed by atoms with Gasteiger partial charge >= 0.3 is 6.09 Å². The minimum absolute atomic E-state index is 0.133. The lowest BCUT2D eigenvalue weighted by atomic mass is 9.95. The summed E-state index contributed by atoms with van der Waals surface area (Å²) in [5.41, 5.74) is 3.41. The molecule has 4 heterocycles. The van der Waals surface area contributed by atoms with Crippen molar-refractivity contribution in [3.8, 4) is 0 Å². The Labute approximate surface area is 201 Å². The van der Waals surface area contributed by atoms with E-state index in [1.54, 1.807) is 6.92 Å². The summed E-state index contributed by atoms with van der Waals surface area (Å²) < 4.78 is 2.44. The summed E-state index contributed by atoms with van der Waals surface area (Å²) in [6.07, 6.45) is 5.19. The first-order chi connectivity index (χ1) is 16.4. The van der Waals surface area contributed by atoms with Crippen molar-refractivity contribution in [2.24, 2.45) is 0 Å². The summed E-state index contributed by atoms with van der Waals surface area (Å²) in [6.45, 7) is 6.07. The maximum Gasteiger partial charge on any atom is 0.405 e. The number of rotatable bonds is 6. The molecule has 2 saturated heterocycles. The van der Waals surface area contributed by atoms with Gasteiger partial charge in [-0.05, 0) is 44.6 Å². The van der Waals surface area contributed by atoms with Crippen molar-refractivity contribution < 1.29 is 14.7 Å². The maximum atomic E-state index is 12.0. The molecule has 2 amide bonds. The van der Waals surface area contributed by atoms with Crippen LogP contribution in [0.2, 0.25) is 0 Å². The highest BCUT2D eigenvalue weighted by Gasteiger charge is 2.42. The van der Waals surface area contributed by atoms with Crippen LogP contribution in [-0.2, 0) is 17.8 Å². The van der Waals surface area contributed by atoms with Crippen molar-refractivity contribution in [1.29, 1.82) is 0 Å². The number of hydrogen-bond donors (Lipinski definition) is 2. The van der Waals surface area contributed by atoms with Crippen LogP contribution >= 0.6 is 0 Å². The molecule has 8 heteroatoms. The van der Waals surface area contributed by atoms with E-state index in [1.165, 1.54) is 18.5 Å². The fraction of sp³-hybridized carbons (Fsp3) is 0.577. The molecule has 1 aromatic heterocycles. The molecule has 2 aromatic rings. The lowest BCUT2D eigenvalue weighted by Gasteiger charge is -2.41. The standard InChI is InChI=1S/C26H35N5O3/c1-17-27-24-10-12-29(18(2)32)16-25(24)31(17)22-14-20-8-9-21(15-22)30(20)13-11-23(28-26(33)34)19-6-4-3-5-7-19/h3-7,20-23,28H,8-16H2,1-2H3,(H,33,34)/t20-,21+,22?,23-/m0/s1. The Morgan fingerprint density at radius 1 is 1.15 bits per heavy atom. The molecule has 4 atom stereocenters. The molecule has 2 fully saturated rings. The van der Waals surface area contributed by atoms with E-state index in [4.69, 9.17) is 4.98 Å². The monoisotopic (exact) mass is 465 g/mol. The fourth-order valence-corrected chi connectivity index (χ4v) is 6.53. The Morgan fingerprint density at radius 2 is 1.85 bits per heavy atom. The number of aromatic nitrogens is 2. The van der Waals surface area contributed by atoms with Crippen LogP contribution in [0.4, 0.5) is 4.79 Å². The number of nitrogens with zero attached hydrogens (tertiary/aromatic N) is 4. The number of benzene rings is 1. The van der Waals surface area contributed by atoms with Gasteiger partial charge in [-0.15, -0.1) is 0 Å². The molecule has 34 heavy (non-hydrogen) atoms. The van der Waals surface area contributed by atoms with Crippen molar-refractivity contribution in [3.05, 3.63) is 53.1 Å². The van der Waals surface area contributed by atoms with E-state index in [0.29, 0.717) is 24.7 Å². The van der Waals surface area contributed by atoms with Crippen molar-refractivity contribution in [2.45, 2.75) is 83.1 Å². The largest absolute Gasteiger partial charge is 0.465 e. The van der Waals surface area contributed by atoms with Gasteiger partial charge in [0.05, 0.1) is 24.0 Å². The molecule has 182 valence electrons. The molecule has 0 radical (unpaired) electrons. The van der Waals surface area contributed by atoms with Gasteiger partial charge < -0.3 is 19.9 Å². The van der Waals surface area contributed by atoms with E-state index in [9.17, 15) is 14.7 Å². The van der Waals surface area contributed by atoms with Crippen molar-refractivity contribution in [3.63, 3.8) is 0 Å². The summed E-state index contributed by atoms with van der Waals surface area (Å²) in [4.78, 5) is 32.8. The summed E-state index contributed by atoms with van der Waals surface area (Å²) in [7, 11) is 0. The van der Waals surface area contributed by atoms with Crippen LogP contribution in [0, 0.1) is 6.92 Å². The van der Waals surface area contributed by atoms with E-state index in [1.807, 2.05) is 35.2 Å². The third kappa shape index (κ3) is 4.43. The smallest absolute Gasteiger partial charge is 0.405 e. The molecule has 5 rings (SSSR count). The average molecular weight is 466 g/mol. The molecule has 2 bridgehead atoms. The number of fused-ring (bicyclic) bond motifs is 3. The van der Waals surface area contributed by atoms with Crippen molar-refractivity contribution in [1.82, 2.24) is 24.7 Å². The van der Waals surface area contributed by atoms with Crippen LogP contribution in [0.25, 0.3) is 0 Å². The molecule has 8 nitrogen and oxygen atoms in total. The van der Waals surface area contributed by atoms with Gasteiger partial charge in [0, 0.05) is 44.6 Å². The second-order valence-corrected chi connectivity index (χ2v) is 10.1. The summed E-state index contributed by atoms with van der Waals surface area (Å²) in [5, 5.41) is 12.1. The summed E-state index contributed by atoms with van der Waals surface area (Å²) in [5.74, 6) is 1.21. The lowest BCUT2D eigenvalue weighted by Crippen LogP contribution is -2.45. The number of aryl methyl sites for hydroxylation is 1. The first kappa shape index (κ1) is 22.9. The Kier molecular flexibility index (Phi) is 6.34. The zero-order valence-corrected chi connectivity index (χ0v) is 20.1. The van der Waals surface area contributed by atoms with Crippen LogP contribution in [-0.4, -0.2) is 61.6 Å². The van der Waals surface area contributed by atoms with E-state index in [2.05, 4.69) is 21.7 Å². The number of carbonyl (C=O) groups excluding carboxylic acids is 1. The molecule has 3 aliphatic heterocycles. The van der Waals surface area contributed by atoms with Crippen LogP contribution in [0.3, 0.4) is 0 Å². The summed E-state index contributed by atoms with van der Waals surface area (Å²) in [6, 6.07) is 11.1. The third-order valence-electron chi connectivity index (χ3n) is 8.07. The third-order valence-corrected chi connectivity index (χ3v) is 8.07. The zero-order chi connectivity index (χ0) is 23.8. The molecule has 2 N–H and O–H groups in total. The van der Waals surface area contributed by atoms with Gasteiger partial charge in [-0.2, -0.15) is 0 Å². The second kappa shape index (κ2) is 9.41. The highest BCUT2D eigenvalue weighted by Crippen LogP contribution is 2.43.